The van der Waals surface area contributed by atoms with E-state index in [1.54, 1.807) is 6.20 Å². The van der Waals surface area contributed by atoms with E-state index < -0.39 is 0 Å². The highest BCUT2D eigenvalue weighted by Gasteiger charge is 2.31. The first-order valence-corrected chi connectivity index (χ1v) is 13.2. The lowest BCUT2D eigenvalue weighted by molar-refractivity contribution is -0.143. The molecule has 5 rings (SSSR count). The van der Waals surface area contributed by atoms with Crippen molar-refractivity contribution in [2.45, 2.75) is 31.7 Å². The van der Waals surface area contributed by atoms with Crippen LogP contribution < -0.4 is 10.6 Å². The predicted molar refractivity (Wildman–Crippen MR) is 144 cm³/mol. The summed E-state index contributed by atoms with van der Waals surface area (Å²) in [6, 6.07) is 7.58. The number of methoxy groups -OCH3 is 1. The Kier molecular flexibility index (Phi) is 8.14. The summed E-state index contributed by atoms with van der Waals surface area (Å²) in [4.78, 5) is 46.4. The second kappa shape index (κ2) is 11.9. The summed E-state index contributed by atoms with van der Waals surface area (Å²) < 4.78 is 4.74. The first-order chi connectivity index (χ1) is 18.5. The molecule has 2 N–H and O–H groups in total. The summed E-state index contributed by atoms with van der Waals surface area (Å²) in [6.07, 6.45) is 6.51. The van der Waals surface area contributed by atoms with Gasteiger partial charge in [-0.15, -0.1) is 0 Å². The van der Waals surface area contributed by atoms with Crippen LogP contribution in [0.25, 0.3) is 11.0 Å². The Balaban J connectivity index is 1.16. The normalized spacial score (nSPS) is 20.2. The molecule has 0 radical (unpaired) electrons. The lowest BCUT2D eigenvalue weighted by atomic mass is 9.85. The molecule has 1 saturated carbocycles. The molecule has 11 nitrogen and oxygen atoms in total. The average Bonchev–Trinajstić information content (AvgIpc) is 2.94. The number of benzene rings is 1. The number of halogens is 1. The number of aromatic nitrogens is 4. The fourth-order valence-electron chi connectivity index (χ4n) is 5.02. The number of hydrogen-bond donors (Lipinski definition) is 2. The molecule has 1 aliphatic carbocycles. The number of nitrogens with one attached hydrogen (secondary N) is 2. The van der Waals surface area contributed by atoms with Gasteiger partial charge in [-0.2, -0.15) is 0 Å². The summed E-state index contributed by atoms with van der Waals surface area (Å²) >= 11 is 6.11. The fourth-order valence-corrected chi connectivity index (χ4v) is 5.21. The van der Waals surface area contributed by atoms with Crippen molar-refractivity contribution in [2.24, 2.45) is 5.92 Å². The molecule has 2 fully saturated rings. The highest BCUT2D eigenvalue weighted by Crippen LogP contribution is 2.29. The Labute approximate surface area is 226 Å². The Hall–Kier alpha value is -3.57. The van der Waals surface area contributed by atoms with Crippen molar-refractivity contribution in [1.82, 2.24) is 29.7 Å². The minimum absolute atomic E-state index is 0.0274. The third kappa shape index (κ3) is 6.28. The van der Waals surface area contributed by atoms with Crippen LogP contribution in [0.5, 0.6) is 0 Å². The summed E-state index contributed by atoms with van der Waals surface area (Å²) in [5, 5.41) is 7.33. The van der Waals surface area contributed by atoms with Gasteiger partial charge in [-0.1, -0.05) is 17.7 Å². The van der Waals surface area contributed by atoms with Gasteiger partial charge in [0.25, 0.3) is 0 Å². The first kappa shape index (κ1) is 26.1. The maximum Gasteiger partial charge on any atom is 0.319 e. The van der Waals surface area contributed by atoms with Crippen molar-refractivity contribution < 1.29 is 14.3 Å². The van der Waals surface area contributed by atoms with Gasteiger partial charge in [-0.3, -0.25) is 14.5 Å². The van der Waals surface area contributed by atoms with Gasteiger partial charge in [0.05, 0.1) is 19.9 Å². The van der Waals surface area contributed by atoms with Gasteiger partial charge >= 0.3 is 5.97 Å². The number of rotatable bonds is 7. The van der Waals surface area contributed by atoms with Gasteiger partial charge in [0.1, 0.15) is 17.4 Å². The highest BCUT2D eigenvalue weighted by atomic mass is 35.5. The zero-order chi connectivity index (χ0) is 26.5. The average molecular weight is 539 g/mol. The predicted octanol–water partition coefficient (Wildman–Crippen LogP) is 3.10. The minimum Gasteiger partial charge on any atom is -0.468 e. The van der Waals surface area contributed by atoms with Crippen LogP contribution in [-0.2, 0) is 14.3 Å². The maximum absolute atomic E-state index is 13.1. The Morgan fingerprint density at radius 2 is 1.87 bits per heavy atom. The van der Waals surface area contributed by atoms with E-state index in [0.29, 0.717) is 54.0 Å². The number of hydrogen-bond acceptors (Lipinski definition) is 10. The Morgan fingerprint density at radius 3 is 2.61 bits per heavy atom. The van der Waals surface area contributed by atoms with E-state index in [9.17, 15) is 9.59 Å². The summed E-state index contributed by atoms with van der Waals surface area (Å²) in [5.41, 5.74) is 2.05. The number of carbonyl (C=O) groups excluding carboxylic acids is 2. The zero-order valence-electron chi connectivity index (χ0n) is 21.3. The van der Waals surface area contributed by atoms with Crippen LogP contribution in [0.3, 0.4) is 0 Å². The molecule has 0 atom stereocenters. The number of nitrogens with zero attached hydrogens (tertiary/aromatic N) is 6. The fraction of sp³-hybridized carbons (Fsp3) is 0.462. The van der Waals surface area contributed by atoms with Crippen LogP contribution in [0, 0.1) is 5.92 Å². The van der Waals surface area contributed by atoms with E-state index in [1.807, 2.05) is 34.1 Å². The number of ether oxygens (including phenoxy) is 1. The van der Waals surface area contributed by atoms with Gasteiger partial charge in [0.15, 0.2) is 5.82 Å². The van der Waals surface area contributed by atoms with Crippen molar-refractivity contribution >= 4 is 52.0 Å². The Morgan fingerprint density at radius 1 is 1.08 bits per heavy atom. The molecule has 200 valence electrons. The monoisotopic (exact) mass is 538 g/mol. The van der Waals surface area contributed by atoms with Crippen LogP contribution in [0.15, 0.2) is 36.8 Å². The third-order valence-corrected chi connectivity index (χ3v) is 7.37. The minimum atomic E-state index is -0.243. The lowest BCUT2D eigenvalue weighted by Gasteiger charge is -2.37. The number of fused-ring (bicyclic) bond motifs is 1. The van der Waals surface area contributed by atoms with Gasteiger partial charge in [0, 0.05) is 48.8 Å². The number of piperazine rings is 1. The highest BCUT2D eigenvalue weighted by molar-refractivity contribution is 6.30. The van der Waals surface area contributed by atoms with E-state index in [4.69, 9.17) is 21.3 Å². The van der Waals surface area contributed by atoms with Crippen molar-refractivity contribution in [3.63, 3.8) is 0 Å². The SMILES string of the molecule is COC(=O)CN1CCN(C(=O)C2CCC(Nc3ncc4ncnc(Nc5cccc(Cl)c5)c4n3)CC2)CC1. The molecular weight excluding hydrogens is 508 g/mol. The van der Waals surface area contributed by atoms with E-state index in [2.05, 4.69) is 25.6 Å². The van der Waals surface area contributed by atoms with E-state index in [1.165, 1.54) is 13.4 Å². The number of amides is 1. The molecule has 1 aliphatic heterocycles. The van der Waals surface area contributed by atoms with Gasteiger partial charge in [0.2, 0.25) is 11.9 Å². The van der Waals surface area contributed by atoms with Gasteiger partial charge < -0.3 is 20.3 Å². The van der Waals surface area contributed by atoms with E-state index in [-0.39, 0.29) is 30.4 Å². The molecule has 0 spiro atoms. The van der Waals surface area contributed by atoms with Gasteiger partial charge in [-0.25, -0.2) is 19.9 Å². The molecule has 12 heteroatoms. The molecule has 3 heterocycles. The van der Waals surface area contributed by atoms with Crippen LogP contribution in [0.2, 0.25) is 5.02 Å². The van der Waals surface area contributed by atoms with Crippen LogP contribution >= 0.6 is 11.6 Å². The quantitative estimate of drug-likeness (QED) is 0.433. The smallest absolute Gasteiger partial charge is 0.319 e. The molecular formula is C26H31ClN8O3. The largest absolute Gasteiger partial charge is 0.468 e. The molecule has 0 bridgehead atoms. The van der Waals surface area contributed by atoms with Gasteiger partial charge in [-0.05, 0) is 43.9 Å². The van der Waals surface area contributed by atoms with E-state index in [0.717, 1.165) is 31.4 Å². The summed E-state index contributed by atoms with van der Waals surface area (Å²) in [6.45, 7) is 2.94. The summed E-state index contributed by atoms with van der Waals surface area (Å²) in [5.74, 6) is 1.09. The first-order valence-electron chi connectivity index (χ1n) is 12.8. The molecule has 0 unspecified atom stereocenters. The molecule has 1 amide bonds. The Bertz CT molecular complexity index is 1290. The maximum atomic E-state index is 13.1. The number of esters is 1. The van der Waals surface area contributed by atoms with E-state index >= 15 is 0 Å². The molecule has 1 saturated heterocycles. The van der Waals surface area contributed by atoms with Crippen LogP contribution in [-0.4, -0.2) is 87.5 Å². The topological polar surface area (TPSA) is 125 Å². The second-order valence-electron chi connectivity index (χ2n) is 9.66. The molecule has 1 aromatic carbocycles. The van der Waals surface area contributed by atoms with Crippen LogP contribution in [0.1, 0.15) is 25.7 Å². The molecule has 38 heavy (non-hydrogen) atoms. The number of anilines is 3. The second-order valence-corrected chi connectivity index (χ2v) is 10.1. The molecule has 3 aromatic rings. The van der Waals surface area contributed by atoms with Crippen molar-refractivity contribution in [3.8, 4) is 0 Å². The molecule has 2 aromatic heterocycles. The van der Waals surface area contributed by atoms with Crippen molar-refractivity contribution in [2.75, 3.05) is 50.5 Å². The number of carbonyl (C=O) groups is 2. The lowest BCUT2D eigenvalue weighted by Crippen LogP contribution is -2.51. The standard InChI is InChI=1S/C26H31ClN8O3/c1-38-22(36)15-34-9-11-35(12-10-34)25(37)17-5-7-19(8-6-17)32-26-28-14-21-23(33-26)24(30-16-29-21)31-20-4-2-3-18(27)13-20/h2-4,13-14,16-17,19H,5-12,15H2,1H3,(H,28,32,33)(H,29,30,31). The summed E-state index contributed by atoms with van der Waals surface area (Å²) in [7, 11) is 1.39. The third-order valence-electron chi connectivity index (χ3n) is 7.14. The van der Waals surface area contributed by atoms with Crippen molar-refractivity contribution in [1.29, 1.82) is 0 Å². The molecule has 2 aliphatic rings. The zero-order valence-corrected chi connectivity index (χ0v) is 22.0. The van der Waals surface area contributed by atoms with Crippen LogP contribution in [0.4, 0.5) is 17.5 Å². The van der Waals surface area contributed by atoms with Crippen molar-refractivity contribution in [3.05, 3.63) is 41.8 Å².